The Balaban J connectivity index is 1.51. The second kappa shape index (κ2) is 6.11. The minimum absolute atomic E-state index is 0.397. The average Bonchev–Trinajstić information content (AvgIpc) is 2.49. The molecule has 2 saturated heterocycles. The number of nitrogens with one attached hydrogen (secondary N) is 1. The molecule has 1 N–H and O–H groups in total. The van der Waals surface area contributed by atoms with Gasteiger partial charge in [-0.2, -0.15) is 0 Å². The third-order valence-corrected chi connectivity index (χ3v) is 5.84. The molecule has 2 aliphatic heterocycles. The van der Waals surface area contributed by atoms with E-state index in [2.05, 4.69) is 17.1 Å². The number of morpholine rings is 1. The highest BCUT2D eigenvalue weighted by atomic mass is 16.5. The van der Waals surface area contributed by atoms with Crippen LogP contribution in [0, 0.1) is 5.41 Å². The Labute approximate surface area is 118 Å². The summed E-state index contributed by atoms with van der Waals surface area (Å²) >= 11 is 0. The molecule has 19 heavy (non-hydrogen) atoms. The predicted molar refractivity (Wildman–Crippen MR) is 78.4 cm³/mol. The van der Waals surface area contributed by atoms with Crippen molar-refractivity contribution in [3.8, 4) is 0 Å². The van der Waals surface area contributed by atoms with Gasteiger partial charge < -0.3 is 10.1 Å². The van der Waals surface area contributed by atoms with E-state index >= 15 is 0 Å². The molecule has 3 rings (SSSR count). The van der Waals surface area contributed by atoms with Crippen LogP contribution in [0.4, 0.5) is 0 Å². The molecule has 0 bridgehead atoms. The highest BCUT2D eigenvalue weighted by Crippen LogP contribution is 2.44. The quantitative estimate of drug-likeness (QED) is 0.830. The van der Waals surface area contributed by atoms with Crippen LogP contribution in [-0.2, 0) is 4.74 Å². The van der Waals surface area contributed by atoms with Crippen molar-refractivity contribution < 1.29 is 4.74 Å². The van der Waals surface area contributed by atoms with Gasteiger partial charge in [0.05, 0.1) is 12.7 Å². The summed E-state index contributed by atoms with van der Waals surface area (Å²) in [5.74, 6) is 0. The lowest BCUT2D eigenvalue weighted by atomic mass is 9.68. The SMILES string of the molecule is CC(C1CNCCO1)N1CCC2(CCCCC2)CC1. The third kappa shape index (κ3) is 3.14. The van der Waals surface area contributed by atoms with Gasteiger partial charge in [-0.25, -0.2) is 0 Å². The van der Waals surface area contributed by atoms with Gasteiger partial charge in [-0.3, -0.25) is 4.90 Å². The zero-order valence-corrected chi connectivity index (χ0v) is 12.5. The van der Waals surface area contributed by atoms with Crippen molar-refractivity contribution in [2.45, 2.75) is 64.0 Å². The van der Waals surface area contributed by atoms with E-state index in [4.69, 9.17) is 4.74 Å². The molecule has 2 heterocycles. The lowest BCUT2D eigenvalue weighted by Crippen LogP contribution is -2.54. The first-order chi connectivity index (χ1) is 9.29. The van der Waals surface area contributed by atoms with E-state index < -0.39 is 0 Å². The fourth-order valence-corrected chi connectivity index (χ4v) is 4.34. The monoisotopic (exact) mass is 266 g/mol. The van der Waals surface area contributed by atoms with Crippen molar-refractivity contribution >= 4 is 0 Å². The van der Waals surface area contributed by atoms with Gasteiger partial charge in [-0.15, -0.1) is 0 Å². The van der Waals surface area contributed by atoms with Crippen LogP contribution in [0.5, 0.6) is 0 Å². The normalized spacial score (nSPS) is 34.3. The molecule has 0 aromatic rings. The van der Waals surface area contributed by atoms with Crippen LogP contribution >= 0.6 is 0 Å². The molecule has 1 saturated carbocycles. The smallest absolute Gasteiger partial charge is 0.0852 e. The fraction of sp³-hybridized carbons (Fsp3) is 1.00. The van der Waals surface area contributed by atoms with Crippen molar-refractivity contribution in [2.24, 2.45) is 5.41 Å². The lowest BCUT2D eigenvalue weighted by Gasteiger charge is -2.47. The average molecular weight is 266 g/mol. The predicted octanol–water partition coefficient (Wildman–Crippen LogP) is 2.41. The van der Waals surface area contributed by atoms with E-state index in [1.807, 2.05) is 0 Å². The number of nitrogens with zero attached hydrogens (tertiary/aromatic N) is 1. The van der Waals surface area contributed by atoms with Gasteiger partial charge in [0.15, 0.2) is 0 Å². The number of hydrogen-bond acceptors (Lipinski definition) is 3. The molecule has 110 valence electrons. The van der Waals surface area contributed by atoms with E-state index in [-0.39, 0.29) is 0 Å². The number of piperidine rings is 1. The highest BCUT2D eigenvalue weighted by Gasteiger charge is 2.37. The third-order valence-electron chi connectivity index (χ3n) is 5.84. The maximum Gasteiger partial charge on any atom is 0.0852 e. The molecule has 2 unspecified atom stereocenters. The minimum Gasteiger partial charge on any atom is -0.374 e. The maximum absolute atomic E-state index is 5.93. The van der Waals surface area contributed by atoms with Crippen LogP contribution in [0.15, 0.2) is 0 Å². The molecule has 3 aliphatic rings. The van der Waals surface area contributed by atoms with E-state index in [1.54, 1.807) is 0 Å². The topological polar surface area (TPSA) is 24.5 Å². The van der Waals surface area contributed by atoms with Gasteiger partial charge in [-0.05, 0) is 51.1 Å². The molecule has 1 spiro atoms. The first-order valence-corrected chi connectivity index (χ1v) is 8.36. The Morgan fingerprint density at radius 1 is 1.11 bits per heavy atom. The zero-order valence-electron chi connectivity index (χ0n) is 12.5. The van der Waals surface area contributed by atoms with Crippen LogP contribution < -0.4 is 5.32 Å². The van der Waals surface area contributed by atoms with Gasteiger partial charge in [0.25, 0.3) is 0 Å². The number of ether oxygens (including phenoxy) is 1. The molecule has 3 heteroatoms. The van der Waals surface area contributed by atoms with Crippen LogP contribution in [0.2, 0.25) is 0 Å². The maximum atomic E-state index is 5.93. The van der Waals surface area contributed by atoms with E-state index in [1.165, 1.54) is 58.0 Å². The van der Waals surface area contributed by atoms with E-state index in [9.17, 15) is 0 Å². The Morgan fingerprint density at radius 2 is 1.84 bits per heavy atom. The number of likely N-dealkylation sites (tertiary alicyclic amines) is 1. The summed E-state index contributed by atoms with van der Waals surface area (Å²) in [5, 5.41) is 3.46. The second-order valence-electron chi connectivity index (χ2n) is 6.95. The summed E-state index contributed by atoms with van der Waals surface area (Å²) in [4.78, 5) is 2.68. The molecular weight excluding hydrogens is 236 g/mol. The molecule has 0 radical (unpaired) electrons. The molecule has 1 aliphatic carbocycles. The molecule has 0 amide bonds. The Hall–Kier alpha value is -0.120. The first-order valence-electron chi connectivity index (χ1n) is 8.36. The van der Waals surface area contributed by atoms with Crippen molar-refractivity contribution in [2.75, 3.05) is 32.8 Å². The number of hydrogen-bond donors (Lipinski definition) is 1. The Bertz CT molecular complexity index is 272. The molecular formula is C16H30N2O. The van der Waals surface area contributed by atoms with Crippen molar-refractivity contribution in [3.63, 3.8) is 0 Å². The summed E-state index contributed by atoms with van der Waals surface area (Å²) < 4.78 is 5.93. The summed E-state index contributed by atoms with van der Waals surface area (Å²) in [5.41, 5.74) is 0.722. The van der Waals surface area contributed by atoms with Crippen LogP contribution in [0.1, 0.15) is 51.9 Å². The molecule has 0 aromatic heterocycles. The fourth-order valence-electron chi connectivity index (χ4n) is 4.34. The summed E-state index contributed by atoms with van der Waals surface area (Å²) in [6.07, 6.45) is 10.7. The van der Waals surface area contributed by atoms with Crippen molar-refractivity contribution in [3.05, 3.63) is 0 Å². The van der Waals surface area contributed by atoms with Gasteiger partial charge in [0, 0.05) is 19.1 Å². The number of rotatable bonds is 2. The highest BCUT2D eigenvalue weighted by molar-refractivity contribution is 4.91. The Morgan fingerprint density at radius 3 is 2.47 bits per heavy atom. The van der Waals surface area contributed by atoms with Gasteiger partial charge in [0.2, 0.25) is 0 Å². The standard InChI is InChI=1S/C16H30N2O/c1-14(15-13-17-9-12-19-15)18-10-7-16(8-11-18)5-3-2-4-6-16/h14-15,17H,2-13H2,1H3. The summed E-state index contributed by atoms with van der Waals surface area (Å²) in [6, 6.07) is 0.578. The van der Waals surface area contributed by atoms with Gasteiger partial charge in [0.1, 0.15) is 0 Å². The zero-order chi connectivity index (χ0) is 13.1. The minimum atomic E-state index is 0.397. The second-order valence-corrected chi connectivity index (χ2v) is 6.95. The van der Waals surface area contributed by atoms with E-state index in [0.717, 1.165) is 25.1 Å². The van der Waals surface area contributed by atoms with Gasteiger partial charge in [-0.1, -0.05) is 19.3 Å². The van der Waals surface area contributed by atoms with Crippen LogP contribution in [0.3, 0.4) is 0 Å². The van der Waals surface area contributed by atoms with Crippen LogP contribution in [-0.4, -0.2) is 49.8 Å². The largest absolute Gasteiger partial charge is 0.374 e. The molecule has 0 aromatic carbocycles. The molecule has 2 atom stereocenters. The molecule has 3 fully saturated rings. The van der Waals surface area contributed by atoms with Crippen LogP contribution in [0.25, 0.3) is 0 Å². The summed E-state index contributed by atoms with van der Waals surface area (Å²) in [7, 11) is 0. The molecule has 3 nitrogen and oxygen atoms in total. The lowest BCUT2D eigenvalue weighted by molar-refractivity contribution is -0.0452. The van der Waals surface area contributed by atoms with Crippen molar-refractivity contribution in [1.29, 1.82) is 0 Å². The van der Waals surface area contributed by atoms with Gasteiger partial charge >= 0.3 is 0 Å². The van der Waals surface area contributed by atoms with E-state index in [0.29, 0.717) is 12.1 Å². The summed E-state index contributed by atoms with van der Waals surface area (Å²) in [6.45, 7) is 7.88. The first kappa shape index (κ1) is 13.8. The van der Waals surface area contributed by atoms with Crippen molar-refractivity contribution in [1.82, 2.24) is 10.2 Å². The Kier molecular flexibility index (Phi) is 4.45.